The highest BCUT2D eigenvalue weighted by molar-refractivity contribution is 5.80. The minimum absolute atomic E-state index is 0.720. The van der Waals surface area contributed by atoms with Crippen molar-refractivity contribution in [2.45, 2.75) is 13.3 Å². The van der Waals surface area contributed by atoms with Crippen molar-refractivity contribution in [1.29, 1.82) is 0 Å². The Morgan fingerprint density at radius 2 is 2.21 bits per heavy atom. The van der Waals surface area contributed by atoms with Crippen molar-refractivity contribution in [2.24, 2.45) is 5.10 Å². The molecule has 19 heavy (non-hydrogen) atoms. The van der Waals surface area contributed by atoms with Crippen LogP contribution in [0.4, 0.5) is 5.82 Å². The molecular formula is C15H17N3O. The zero-order chi connectivity index (χ0) is 13.3. The van der Waals surface area contributed by atoms with Gasteiger partial charge in [0.25, 0.3) is 0 Å². The first-order chi connectivity index (χ1) is 9.38. The first kappa shape index (κ1) is 13.1. The number of rotatable bonds is 6. The summed E-state index contributed by atoms with van der Waals surface area (Å²) in [6, 6.07) is 13.5. The lowest BCUT2D eigenvalue weighted by Crippen LogP contribution is -1.96. The van der Waals surface area contributed by atoms with Crippen LogP contribution in [-0.2, 0) is 0 Å². The number of hydrazone groups is 1. The number of anilines is 1. The summed E-state index contributed by atoms with van der Waals surface area (Å²) in [5, 5.41) is 4.14. The van der Waals surface area contributed by atoms with E-state index in [9.17, 15) is 0 Å². The molecule has 98 valence electrons. The molecule has 1 N–H and O–H groups in total. The van der Waals surface area contributed by atoms with Gasteiger partial charge in [-0.3, -0.25) is 5.43 Å². The molecule has 0 unspecified atom stereocenters. The largest absolute Gasteiger partial charge is 0.494 e. The highest BCUT2D eigenvalue weighted by Gasteiger charge is 1.94. The Labute approximate surface area is 113 Å². The van der Waals surface area contributed by atoms with E-state index in [1.165, 1.54) is 0 Å². The minimum atomic E-state index is 0.720. The van der Waals surface area contributed by atoms with Crippen LogP contribution in [0.25, 0.3) is 0 Å². The van der Waals surface area contributed by atoms with Crippen LogP contribution < -0.4 is 10.2 Å². The van der Waals surface area contributed by atoms with Gasteiger partial charge < -0.3 is 4.74 Å². The van der Waals surface area contributed by atoms with Gasteiger partial charge in [-0.05, 0) is 36.2 Å². The van der Waals surface area contributed by atoms with Gasteiger partial charge in [0.1, 0.15) is 11.6 Å². The van der Waals surface area contributed by atoms with Crippen LogP contribution in [0.5, 0.6) is 5.75 Å². The standard InChI is InChI=1S/C15H17N3O/c1-2-10-19-14-7-5-6-13(11-14)12-17-18-15-8-3-4-9-16-15/h3-9,11-12H,2,10H2,1H3,(H,16,18). The van der Waals surface area contributed by atoms with Gasteiger partial charge in [-0.2, -0.15) is 5.10 Å². The summed E-state index contributed by atoms with van der Waals surface area (Å²) in [6.07, 6.45) is 4.46. The number of nitrogens with zero attached hydrogens (tertiary/aromatic N) is 2. The van der Waals surface area contributed by atoms with E-state index >= 15 is 0 Å². The lowest BCUT2D eigenvalue weighted by molar-refractivity contribution is 0.317. The normalized spacial score (nSPS) is 10.6. The summed E-state index contributed by atoms with van der Waals surface area (Å²) in [5.41, 5.74) is 3.86. The maximum Gasteiger partial charge on any atom is 0.146 e. The zero-order valence-corrected chi connectivity index (χ0v) is 10.9. The molecule has 0 amide bonds. The average molecular weight is 255 g/mol. The topological polar surface area (TPSA) is 46.5 Å². The molecule has 2 rings (SSSR count). The molecule has 0 saturated carbocycles. The predicted octanol–water partition coefficient (Wildman–Crippen LogP) is 3.32. The van der Waals surface area contributed by atoms with Crippen LogP contribution in [0, 0.1) is 0 Å². The molecule has 0 bridgehead atoms. The van der Waals surface area contributed by atoms with Crippen LogP contribution in [-0.4, -0.2) is 17.8 Å². The molecule has 0 saturated heterocycles. The van der Waals surface area contributed by atoms with Gasteiger partial charge in [0.15, 0.2) is 0 Å². The van der Waals surface area contributed by atoms with E-state index in [0.717, 1.165) is 30.2 Å². The van der Waals surface area contributed by atoms with Crippen molar-refractivity contribution in [3.63, 3.8) is 0 Å². The van der Waals surface area contributed by atoms with Gasteiger partial charge in [-0.1, -0.05) is 25.1 Å². The molecule has 1 aromatic carbocycles. The average Bonchev–Trinajstić information content (AvgIpc) is 2.47. The molecule has 1 heterocycles. The lowest BCUT2D eigenvalue weighted by atomic mass is 10.2. The van der Waals surface area contributed by atoms with E-state index in [-0.39, 0.29) is 0 Å². The number of benzene rings is 1. The van der Waals surface area contributed by atoms with Crippen molar-refractivity contribution in [3.05, 3.63) is 54.2 Å². The van der Waals surface area contributed by atoms with E-state index < -0.39 is 0 Å². The fourth-order valence-electron chi connectivity index (χ4n) is 1.51. The molecular weight excluding hydrogens is 238 g/mol. The third-order valence-electron chi connectivity index (χ3n) is 2.39. The molecule has 1 aromatic heterocycles. The van der Waals surface area contributed by atoms with Gasteiger partial charge in [0.2, 0.25) is 0 Å². The summed E-state index contributed by atoms with van der Waals surface area (Å²) < 4.78 is 5.57. The van der Waals surface area contributed by atoms with Gasteiger partial charge in [-0.25, -0.2) is 4.98 Å². The second kappa shape index (κ2) is 7.16. The highest BCUT2D eigenvalue weighted by atomic mass is 16.5. The van der Waals surface area contributed by atoms with E-state index in [1.54, 1.807) is 12.4 Å². The Balaban J connectivity index is 1.95. The first-order valence-corrected chi connectivity index (χ1v) is 6.31. The number of nitrogens with one attached hydrogen (secondary N) is 1. The van der Waals surface area contributed by atoms with Crippen LogP contribution in [0.3, 0.4) is 0 Å². The van der Waals surface area contributed by atoms with E-state index in [1.807, 2.05) is 42.5 Å². The summed E-state index contributed by atoms with van der Waals surface area (Å²) in [6.45, 7) is 2.81. The molecule has 4 heteroatoms. The molecule has 0 radical (unpaired) electrons. The monoisotopic (exact) mass is 255 g/mol. The van der Waals surface area contributed by atoms with Crippen molar-refractivity contribution >= 4 is 12.0 Å². The van der Waals surface area contributed by atoms with Crippen LogP contribution in [0.1, 0.15) is 18.9 Å². The molecule has 0 atom stereocenters. The molecule has 0 aliphatic rings. The highest BCUT2D eigenvalue weighted by Crippen LogP contribution is 2.12. The van der Waals surface area contributed by atoms with E-state index in [2.05, 4.69) is 22.4 Å². The Kier molecular flexibility index (Phi) is 4.93. The number of aromatic nitrogens is 1. The summed E-state index contributed by atoms with van der Waals surface area (Å²) in [7, 11) is 0. The fourth-order valence-corrected chi connectivity index (χ4v) is 1.51. The fraction of sp³-hybridized carbons (Fsp3) is 0.200. The van der Waals surface area contributed by atoms with Gasteiger partial charge in [0.05, 0.1) is 12.8 Å². The van der Waals surface area contributed by atoms with E-state index in [0.29, 0.717) is 0 Å². The van der Waals surface area contributed by atoms with Crippen molar-refractivity contribution in [3.8, 4) is 5.75 Å². The SMILES string of the molecule is CCCOc1cccc(C=NNc2ccccn2)c1. The van der Waals surface area contributed by atoms with Gasteiger partial charge in [-0.15, -0.1) is 0 Å². The van der Waals surface area contributed by atoms with Crippen molar-refractivity contribution in [2.75, 3.05) is 12.0 Å². The second-order valence-electron chi connectivity index (χ2n) is 4.01. The lowest BCUT2D eigenvalue weighted by Gasteiger charge is -2.04. The van der Waals surface area contributed by atoms with Gasteiger partial charge in [0, 0.05) is 6.20 Å². The summed E-state index contributed by atoms with van der Waals surface area (Å²) >= 11 is 0. The molecule has 0 fully saturated rings. The van der Waals surface area contributed by atoms with E-state index in [4.69, 9.17) is 4.74 Å². The van der Waals surface area contributed by atoms with Gasteiger partial charge >= 0.3 is 0 Å². The smallest absolute Gasteiger partial charge is 0.146 e. The molecule has 0 aliphatic carbocycles. The predicted molar refractivity (Wildman–Crippen MR) is 77.7 cm³/mol. The Hall–Kier alpha value is -2.36. The summed E-state index contributed by atoms with van der Waals surface area (Å²) in [5.74, 6) is 1.58. The summed E-state index contributed by atoms with van der Waals surface area (Å²) in [4.78, 5) is 4.12. The first-order valence-electron chi connectivity index (χ1n) is 6.31. The van der Waals surface area contributed by atoms with Crippen LogP contribution >= 0.6 is 0 Å². The Morgan fingerprint density at radius 1 is 1.26 bits per heavy atom. The maximum absolute atomic E-state index is 5.57. The van der Waals surface area contributed by atoms with Crippen molar-refractivity contribution < 1.29 is 4.74 Å². The Morgan fingerprint density at radius 3 is 3.00 bits per heavy atom. The number of ether oxygens (including phenoxy) is 1. The third kappa shape index (κ3) is 4.43. The Bertz CT molecular complexity index is 526. The number of pyridine rings is 1. The van der Waals surface area contributed by atoms with Crippen LogP contribution in [0.15, 0.2) is 53.8 Å². The maximum atomic E-state index is 5.57. The molecule has 0 aliphatic heterocycles. The zero-order valence-electron chi connectivity index (χ0n) is 10.9. The molecule has 0 spiro atoms. The van der Waals surface area contributed by atoms with Crippen LogP contribution in [0.2, 0.25) is 0 Å². The quantitative estimate of drug-likeness (QED) is 0.636. The molecule has 2 aromatic rings. The van der Waals surface area contributed by atoms with Crippen molar-refractivity contribution in [1.82, 2.24) is 4.98 Å². The third-order valence-corrected chi connectivity index (χ3v) is 2.39. The number of hydrogen-bond donors (Lipinski definition) is 1. The second-order valence-corrected chi connectivity index (χ2v) is 4.01. The minimum Gasteiger partial charge on any atom is -0.494 e. The number of hydrogen-bond acceptors (Lipinski definition) is 4. The molecule has 4 nitrogen and oxygen atoms in total.